The SMILES string of the molecule is CC(=O)C(=C1CCCCN1)S(=O)(=O)c1ccc(C)cc1F. The second kappa shape index (κ2) is 5.97. The molecule has 1 aromatic rings. The Morgan fingerprint density at radius 2 is 2.00 bits per heavy atom. The van der Waals surface area contributed by atoms with Crippen molar-refractivity contribution in [1.82, 2.24) is 5.32 Å². The van der Waals surface area contributed by atoms with Crippen molar-refractivity contribution in [2.45, 2.75) is 38.0 Å². The smallest absolute Gasteiger partial charge is 0.214 e. The Morgan fingerprint density at radius 3 is 2.52 bits per heavy atom. The summed E-state index contributed by atoms with van der Waals surface area (Å²) in [7, 11) is -4.15. The fraction of sp³-hybridized carbons (Fsp3) is 0.400. The molecule has 0 amide bonds. The van der Waals surface area contributed by atoms with E-state index in [4.69, 9.17) is 0 Å². The zero-order valence-electron chi connectivity index (χ0n) is 12.1. The van der Waals surface area contributed by atoms with Crippen LogP contribution < -0.4 is 5.32 Å². The van der Waals surface area contributed by atoms with Crippen molar-refractivity contribution < 1.29 is 17.6 Å². The average molecular weight is 311 g/mol. The first-order chi connectivity index (χ1) is 9.84. The van der Waals surface area contributed by atoms with E-state index in [0.717, 1.165) is 18.9 Å². The summed E-state index contributed by atoms with van der Waals surface area (Å²) >= 11 is 0. The van der Waals surface area contributed by atoms with Crippen molar-refractivity contribution in [2.75, 3.05) is 6.54 Å². The van der Waals surface area contributed by atoms with Gasteiger partial charge in [-0.15, -0.1) is 0 Å². The lowest BCUT2D eigenvalue weighted by molar-refractivity contribution is -0.113. The highest BCUT2D eigenvalue weighted by atomic mass is 32.2. The second-order valence-electron chi connectivity index (χ2n) is 5.19. The molecule has 1 aromatic carbocycles. The molecule has 1 fully saturated rings. The summed E-state index contributed by atoms with van der Waals surface area (Å²) in [6.45, 7) is 3.49. The molecule has 0 aliphatic carbocycles. The maximum atomic E-state index is 14.0. The van der Waals surface area contributed by atoms with Crippen molar-refractivity contribution in [3.8, 4) is 0 Å². The quantitative estimate of drug-likeness (QED) is 0.871. The number of piperidine rings is 1. The van der Waals surface area contributed by atoms with Crippen molar-refractivity contribution >= 4 is 15.6 Å². The average Bonchev–Trinajstić information content (AvgIpc) is 2.38. The molecule has 114 valence electrons. The van der Waals surface area contributed by atoms with E-state index in [-0.39, 0.29) is 4.91 Å². The minimum absolute atomic E-state index is 0.315. The standard InChI is InChI=1S/C15H18FNO3S/c1-10-6-7-14(12(16)9-10)21(19,20)15(11(2)18)13-5-3-4-8-17-13/h6-7,9,17H,3-5,8H2,1-2H3. The number of nitrogens with one attached hydrogen (secondary N) is 1. The van der Waals surface area contributed by atoms with E-state index in [1.165, 1.54) is 19.1 Å². The molecular weight excluding hydrogens is 293 g/mol. The third kappa shape index (κ3) is 3.15. The molecule has 2 rings (SSSR count). The number of hydrogen-bond donors (Lipinski definition) is 1. The minimum atomic E-state index is -4.15. The number of aryl methyl sites for hydroxylation is 1. The van der Waals surface area contributed by atoms with E-state index in [1.54, 1.807) is 6.92 Å². The van der Waals surface area contributed by atoms with Crippen LogP contribution in [0.15, 0.2) is 33.7 Å². The third-order valence-electron chi connectivity index (χ3n) is 3.43. The fourth-order valence-electron chi connectivity index (χ4n) is 2.45. The van der Waals surface area contributed by atoms with Gasteiger partial charge in [-0.3, -0.25) is 4.79 Å². The van der Waals surface area contributed by atoms with Crippen LogP contribution in [0.25, 0.3) is 0 Å². The lowest BCUT2D eigenvalue weighted by Crippen LogP contribution is -2.26. The number of allylic oxidation sites excluding steroid dienone is 2. The van der Waals surface area contributed by atoms with E-state index in [9.17, 15) is 17.6 Å². The first-order valence-electron chi connectivity index (χ1n) is 6.83. The third-order valence-corrected chi connectivity index (χ3v) is 5.41. The van der Waals surface area contributed by atoms with Crippen LogP contribution in [-0.4, -0.2) is 20.7 Å². The molecule has 0 saturated carbocycles. The summed E-state index contributed by atoms with van der Waals surface area (Å²) in [5.41, 5.74) is 1.02. The summed E-state index contributed by atoms with van der Waals surface area (Å²) in [5, 5.41) is 2.96. The molecule has 1 heterocycles. The molecule has 6 heteroatoms. The summed E-state index contributed by atoms with van der Waals surface area (Å²) in [6, 6.07) is 3.89. The van der Waals surface area contributed by atoms with Gasteiger partial charge in [-0.1, -0.05) is 6.07 Å². The first kappa shape index (κ1) is 15.7. The Kier molecular flexibility index (Phi) is 4.46. The number of carbonyl (C=O) groups is 1. The Morgan fingerprint density at radius 1 is 1.29 bits per heavy atom. The highest BCUT2D eigenvalue weighted by Crippen LogP contribution is 2.27. The van der Waals surface area contributed by atoms with Gasteiger partial charge >= 0.3 is 0 Å². The Hall–Kier alpha value is -1.69. The van der Waals surface area contributed by atoms with Gasteiger partial charge in [0.1, 0.15) is 15.6 Å². The second-order valence-corrected chi connectivity index (χ2v) is 7.04. The highest BCUT2D eigenvalue weighted by Gasteiger charge is 2.31. The normalized spacial score (nSPS) is 18.0. The van der Waals surface area contributed by atoms with Crippen molar-refractivity contribution in [3.05, 3.63) is 40.2 Å². The molecule has 0 spiro atoms. The monoisotopic (exact) mass is 311 g/mol. The topological polar surface area (TPSA) is 63.2 Å². The molecule has 0 bridgehead atoms. The molecule has 1 N–H and O–H groups in total. The first-order valence-corrected chi connectivity index (χ1v) is 8.31. The van der Waals surface area contributed by atoms with Gasteiger partial charge in [0.2, 0.25) is 9.84 Å². The van der Waals surface area contributed by atoms with Crippen LogP contribution in [0.3, 0.4) is 0 Å². The van der Waals surface area contributed by atoms with Gasteiger partial charge in [-0.05, 0) is 50.8 Å². The molecule has 0 radical (unpaired) electrons. The molecule has 0 atom stereocenters. The Labute approximate surface area is 124 Å². The number of sulfone groups is 1. The number of Topliss-reactive ketones (excluding diaryl/α,β-unsaturated/α-hetero) is 1. The van der Waals surface area contributed by atoms with Crippen molar-refractivity contribution in [2.24, 2.45) is 0 Å². The van der Waals surface area contributed by atoms with E-state index >= 15 is 0 Å². The molecule has 1 aliphatic rings. The largest absolute Gasteiger partial charge is 0.387 e. The van der Waals surface area contributed by atoms with Crippen LogP contribution in [0.4, 0.5) is 4.39 Å². The van der Waals surface area contributed by atoms with Gasteiger partial charge in [0.15, 0.2) is 5.78 Å². The van der Waals surface area contributed by atoms with Gasteiger partial charge in [0.05, 0.1) is 0 Å². The maximum Gasteiger partial charge on any atom is 0.214 e. The maximum absolute atomic E-state index is 14.0. The van der Waals surface area contributed by atoms with Crippen LogP contribution in [0.5, 0.6) is 0 Å². The van der Waals surface area contributed by atoms with Crippen molar-refractivity contribution in [3.63, 3.8) is 0 Å². The summed E-state index contributed by atoms with van der Waals surface area (Å²) in [5.74, 6) is -1.40. The van der Waals surface area contributed by atoms with Gasteiger partial charge in [-0.25, -0.2) is 12.8 Å². The number of benzene rings is 1. The lowest BCUT2D eigenvalue weighted by Gasteiger charge is -2.20. The van der Waals surface area contributed by atoms with Gasteiger partial charge < -0.3 is 5.32 Å². The predicted octanol–water partition coefficient (Wildman–Crippen LogP) is 2.48. The molecule has 0 unspecified atom stereocenters. The van der Waals surface area contributed by atoms with Gasteiger partial charge in [0, 0.05) is 12.2 Å². The van der Waals surface area contributed by atoms with Crippen LogP contribution in [0, 0.1) is 12.7 Å². The number of hydrogen-bond acceptors (Lipinski definition) is 4. The van der Waals surface area contributed by atoms with Crippen molar-refractivity contribution in [1.29, 1.82) is 0 Å². The van der Waals surface area contributed by atoms with E-state index < -0.39 is 26.3 Å². The summed E-state index contributed by atoms with van der Waals surface area (Å²) in [6.07, 6.45) is 2.22. The zero-order valence-corrected chi connectivity index (χ0v) is 12.9. The van der Waals surface area contributed by atoms with Crippen LogP contribution in [-0.2, 0) is 14.6 Å². The molecule has 4 nitrogen and oxygen atoms in total. The predicted molar refractivity (Wildman–Crippen MR) is 77.9 cm³/mol. The number of ketones is 1. The molecule has 0 aromatic heterocycles. The molecule has 1 aliphatic heterocycles. The molecule has 1 saturated heterocycles. The number of halogens is 1. The molecular formula is C15H18FNO3S. The van der Waals surface area contributed by atoms with E-state index in [1.807, 2.05) is 0 Å². The number of rotatable bonds is 3. The fourth-order valence-corrected chi connectivity index (χ4v) is 4.11. The Bertz CT molecular complexity index is 700. The Balaban J connectivity index is 2.61. The summed E-state index contributed by atoms with van der Waals surface area (Å²) < 4.78 is 39.3. The van der Waals surface area contributed by atoms with Crippen LogP contribution in [0.2, 0.25) is 0 Å². The zero-order chi connectivity index (χ0) is 15.6. The molecule has 21 heavy (non-hydrogen) atoms. The van der Waals surface area contributed by atoms with E-state index in [0.29, 0.717) is 24.2 Å². The van der Waals surface area contributed by atoms with Crippen LogP contribution >= 0.6 is 0 Å². The van der Waals surface area contributed by atoms with Crippen LogP contribution in [0.1, 0.15) is 31.7 Å². The highest BCUT2D eigenvalue weighted by molar-refractivity contribution is 7.96. The number of carbonyl (C=O) groups excluding carboxylic acids is 1. The van der Waals surface area contributed by atoms with Gasteiger partial charge in [0.25, 0.3) is 0 Å². The van der Waals surface area contributed by atoms with E-state index in [2.05, 4.69) is 5.32 Å². The lowest BCUT2D eigenvalue weighted by atomic mass is 10.1. The summed E-state index contributed by atoms with van der Waals surface area (Å²) in [4.78, 5) is 11.1. The minimum Gasteiger partial charge on any atom is -0.387 e. The van der Waals surface area contributed by atoms with Gasteiger partial charge in [-0.2, -0.15) is 0 Å².